The van der Waals surface area contributed by atoms with Gasteiger partial charge in [-0.05, 0) is 65.8 Å². The summed E-state index contributed by atoms with van der Waals surface area (Å²) in [6.07, 6.45) is 3.99. The standard InChI is InChI=1S/C29H27F3N2O2/c30-25-10-9-23(26(31)27(25)32)24-16-20-6-4-5-19(20)15-21(24)17-33-13-11-29(12-14-33)18-34(28(35)36-29)22-7-2-1-3-8-22/h1-3,7-10,15-16H,4-6,11-14,17-18H2. The molecule has 0 bridgehead atoms. The van der Waals surface area contributed by atoms with Crippen molar-refractivity contribution >= 4 is 11.8 Å². The van der Waals surface area contributed by atoms with Gasteiger partial charge in [0.15, 0.2) is 17.5 Å². The van der Waals surface area contributed by atoms with Crippen LogP contribution >= 0.6 is 0 Å². The molecule has 1 amide bonds. The zero-order valence-corrected chi connectivity index (χ0v) is 19.9. The molecular formula is C29H27F3N2O2. The Labute approximate surface area is 208 Å². The molecule has 2 fully saturated rings. The van der Waals surface area contributed by atoms with Crippen molar-refractivity contribution in [2.24, 2.45) is 0 Å². The third-order valence-electron chi connectivity index (χ3n) is 7.84. The molecule has 0 atom stereocenters. The van der Waals surface area contributed by atoms with E-state index in [1.165, 1.54) is 11.6 Å². The van der Waals surface area contributed by atoms with Crippen molar-refractivity contribution < 1.29 is 22.7 Å². The molecule has 7 heteroatoms. The van der Waals surface area contributed by atoms with Crippen molar-refractivity contribution in [2.75, 3.05) is 24.5 Å². The summed E-state index contributed by atoms with van der Waals surface area (Å²) in [6.45, 7) is 2.51. The van der Waals surface area contributed by atoms with Crippen LogP contribution in [-0.2, 0) is 24.1 Å². The number of para-hydroxylation sites is 1. The number of carbonyl (C=O) groups is 1. The summed E-state index contributed by atoms with van der Waals surface area (Å²) in [5.41, 5.74) is 4.33. The fourth-order valence-corrected chi connectivity index (χ4v) is 5.84. The van der Waals surface area contributed by atoms with Crippen molar-refractivity contribution in [2.45, 2.75) is 44.2 Å². The van der Waals surface area contributed by atoms with Gasteiger partial charge >= 0.3 is 6.09 Å². The molecule has 0 aromatic heterocycles. The van der Waals surface area contributed by atoms with E-state index in [1.54, 1.807) is 4.90 Å². The SMILES string of the molecule is O=C1OC2(CCN(Cc3cc4c(cc3-c3ccc(F)c(F)c3F)CCC4)CC2)CN1c1ccccc1. The molecule has 0 saturated carbocycles. The second kappa shape index (κ2) is 8.96. The van der Waals surface area contributed by atoms with Crippen LogP contribution in [0.4, 0.5) is 23.7 Å². The Hall–Kier alpha value is -3.32. The number of piperidine rings is 1. The van der Waals surface area contributed by atoms with E-state index < -0.39 is 23.1 Å². The zero-order chi connectivity index (χ0) is 24.9. The van der Waals surface area contributed by atoms with Gasteiger partial charge in [0.1, 0.15) is 5.60 Å². The van der Waals surface area contributed by atoms with Crippen molar-refractivity contribution in [3.05, 3.63) is 88.7 Å². The summed E-state index contributed by atoms with van der Waals surface area (Å²) in [7, 11) is 0. The van der Waals surface area contributed by atoms with E-state index >= 15 is 0 Å². The van der Waals surface area contributed by atoms with Gasteiger partial charge in [0.05, 0.1) is 6.54 Å². The summed E-state index contributed by atoms with van der Waals surface area (Å²) in [6, 6.07) is 15.9. The second-order valence-electron chi connectivity index (χ2n) is 10.1. The Morgan fingerprint density at radius 3 is 2.33 bits per heavy atom. The highest BCUT2D eigenvalue weighted by molar-refractivity contribution is 5.90. The van der Waals surface area contributed by atoms with Gasteiger partial charge in [-0.3, -0.25) is 9.80 Å². The van der Waals surface area contributed by atoms with Gasteiger partial charge in [-0.15, -0.1) is 0 Å². The van der Waals surface area contributed by atoms with Gasteiger partial charge in [-0.25, -0.2) is 18.0 Å². The highest BCUT2D eigenvalue weighted by Crippen LogP contribution is 2.38. The van der Waals surface area contributed by atoms with Crippen LogP contribution in [0.2, 0.25) is 0 Å². The van der Waals surface area contributed by atoms with Crippen LogP contribution in [-0.4, -0.2) is 36.2 Å². The van der Waals surface area contributed by atoms with E-state index in [0.717, 1.165) is 42.1 Å². The molecule has 2 heterocycles. The van der Waals surface area contributed by atoms with Crippen LogP contribution in [0.25, 0.3) is 11.1 Å². The molecule has 0 N–H and O–H groups in total. The van der Waals surface area contributed by atoms with E-state index in [4.69, 9.17) is 4.74 Å². The number of halogens is 3. The van der Waals surface area contributed by atoms with Crippen LogP contribution in [0.3, 0.4) is 0 Å². The fourth-order valence-electron chi connectivity index (χ4n) is 5.84. The molecule has 6 rings (SSSR count). The third kappa shape index (κ3) is 4.05. The molecule has 4 nitrogen and oxygen atoms in total. The van der Waals surface area contributed by atoms with E-state index in [0.29, 0.717) is 44.6 Å². The highest BCUT2D eigenvalue weighted by Gasteiger charge is 2.47. The first-order valence-electron chi connectivity index (χ1n) is 12.5. The zero-order valence-electron chi connectivity index (χ0n) is 19.9. The Balaban J connectivity index is 1.22. The molecule has 2 aliphatic heterocycles. The molecular weight excluding hydrogens is 465 g/mol. The minimum atomic E-state index is -1.44. The predicted molar refractivity (Wildman–Crippen MR) is 131 cm³/mol. The molecule has 0 unspecified atom stereocenters. The number of amides is 1. The van der Waals surface area contributed by atoms with Gasteiger partial charge in [0, 0.05) is 43.7 Å². The number of anilines is 1. The first-order chi connectivity index (χ1) is 17.4. The summed E-state index contributed by atoms with van der Waals surface area (Å²) < 4.78 is 48.4. The minimum Gasteiger partial charge on any atom is -0.441 e. The van der Waals surface area contributed by atoms with Gasteiger partial charge in [0.25, 0.3) is 0 Å². The molecule has 0 radical (unpaired) electrons. The molecule has 186 valence electrons. The lowest BCUT2D eigenvalue weighted by atomic mass is 9.89. The second-order valence-corrected chi connectivity index (χ2v) is 10.1. The number of fused-ring (bicyclic) bond motifs is 1. The molecule has 1 aliphatic carbocycles. The number of benzene rings is 3. The van der Waals surface area contributed by atoms with E-state index in [2.05, 4.69) is 11.0 Å². The summed E-state index contributed by atoms with van der Waals surface area (Å²) in [4.78, 5) is 16.6. The fraction of sp³-hybridized carbons (Fsp3) is 0.345. The lowest BCUT2D eigenvalue weighted by Crippen LogP contribution is -2.46. The van der Waals surface area contributed by atoms with Gasteiger partial charge < -0.3 is 4.74 Å². The number of hydrogen-bond acceptors (Lipinski definition) is 3. The maximum absolute atomic E-state index is 14.8. The smallest absolute Gasteiger partial charge is 0.415 e. The summed E-state index contributed by atoms with van der Waals surface area (Å²) in [5.74, 6) is -3.77. The number of aryl methyl sites for hydroxylation is 2. The Morgan fingerprint density at radius 2 is 1.58 bits per heavy atom. The normalized spacial score (nSPS) is 19.1. The van der Waals surface area contributed by atoms with E-state index in [9.17, 15) is 18.0 Å². The van der Waals surface area contributed by atoms with Crippen LogP contribution in [0.1, 0.15) is 36.0 Å². The predicted octanol–water partition coefficient (Wildman–Crippen LogP) is 6.25. The molecule has 36 heavy (non-hydrogen) atoms. The lowest BCUT2D eigenvalue weighted by Gasteiger charge is -2.37. The quantitative estimate of drug-likeness (QED) is 0.404. The maximum Gasteiger partial charge on any atom is 0.415 e. The summed E-state index contributed by atoms with van der Waals surface area (Å²) >= 11 is 0. The topological polar surface area (TPSA) is 32.8 Å². The average Bonchev–Trinajstić information content (AvgIpc) is 3.48. The number of hydrogen-bond donors (Lipinski definition) is 0. The number of ether oxygens (including phenoxy) is 1. The van der Waals surface area contributed by atoms with Crippen LogP contribution in [0.15, 0.2) is 54.6 Å². The van der Waals surface area contributed by atoms with Gasteiger partial charge in [0.2, 0.25) is 0 Å². The van der Waals surface area contributed by atoms with Crippen molar-refractivity contribution in [1.29, 1.82) is 0 Å². The monoisotopic (exact) mass is 492 g/mol. The molecule has 3 aliphatic rings. The van der Waals surface area contributed by atoms with Crippen molar-refractivity contribution in [3.8, 4) is 11.1 Å². The Bertz CT molecular complexity index is 1320. The average molecular weight is 493 g/mol. The molecule has 3 aromatic carbocycles. The van der Waals surface area contributed by atoms with Gasteiger partial charge in [-0.2, -0.15) is 0 Å². The van der Waals surface area contributed by atoms with E-state index in [-0.39, 0.29) is 11.7 Å². The van der Waals surface area contributed by atoms with Crippen molar-refractivity contribution in [3.63, 3.8) is 0 Å². The number of rotatable bonds is 4. The molecule has 1 spiro atoms. The van der Waals surface area contributed by atoms with E-state index in [1.807, 2.05) is 36.4 Å². The van der Waals surface area contributed by atoms with Crippen LogP contribution in [0, 0.1) is 17.5 Å². The molecule has 2 saturated heterocycles. The first-order valence-corrected chi connectivity index (χ1v) is 12.5. The third-order valence-corrected chi connectivity index (χ3v) is 7.84. The largest absolute Gasteiger partial charge is 0.441 e. The summed E-state index contributed by atoms with van der Waals surface area (Å²) in [5, 5.41) is 0. The highest BCUT2D eigenvalue weighted by atomic mass is 19.2. The number of nitrogens with zero attached hydrogens (tertiary/aromatic N) is 2. The lowest BCUT2D eigenvalue weighted by molar-refractivity contribution is -0.000940. The number of carbonyl (C=O) groups excluding carboxylic acids is 1. The Kier molecular flexibility index (Phi) is 5.75. The number of likely N-dealkylation sites (tertiary alicyclic amines) is 1. The Morgan fingerprint density at radius 1 is 0.861 bits per heavy atom. The molecule has 3 aromatic rings. The van der Waals surface area contributed by atoms with Crippen molar-refractivity contribution in [1.82, 2.24) is 4.90 Å². The van der Waals surface area contributed by atoms with Gasteiger partial charge in [-0.1, -0.05) is 30.3 Å². The minimum absolute atomic E-state index is 0.0929. The maximum atomic E-state index is 14.8. The first kappa shape index (κ1) is 23.1. The van der Waals surface area contributed by atoms with Crippen LogP contribution in [0.5, 0.6) is 0 Å². The van der Waals surface area contributed by atoms with Crippen LogP contribution < -0.4 is 4.90 Å².